The van der Waals surface area contributed by atoms with Crippen molar-refractivity contribution in [1.82, 2.24) is 10.6 Å². The van der Waals surface area contributed by atoms with Crippen molar-refractivity contribution in [2.45, 2.75) is 31.7 Å². The summed E-state index contributed by atoms with van der Waals surface area (Å²) in [5, 5.41) is 31.3. The zero-order chi connectivity index (χ0) is 24.4. The molecule has 18 nitrogen and oxygen atoms in total. The summed E-state index contributed by atoms with van der Waals surface area (Å²) >= 11 is 0. The van der Waals surface area contributed by atoms with Gasteiger partial charge in [-0.15, -0.1) is 20.2 Å². The molecule has 0 aliphatic rings. The van der Waals surface area contributed by atoms with Crippen molar-refractivity contribution >= 4 is 24.1 Å². The van der Waals surface area contributed by atoms with Crippen LogP contribution in [-0.4, -0.2) is 78.4 Å². The molecule has 5 N–H and O–H groups in total. The molecule has 0 saturated heterocycles. The number of guanidine groups is 1. The minimum Gasteiger partial charge on any atom is -0.480 e. The molecule has 0 bridgehead atoms. The van der Waals surface area contributed by atoms with E-state index < -0.39 is 34.4 Å². The number of hydrogen-bond acceptors (Lipinski definition) is 12. The highest BCUT2D eigenvalue weighted by Gasteiger charge is 2.20. The van der Waals surface area contributed by atoms with Gasteiger partial charge in [0.05, 0.1) is 26.4 Å². The van der Waals surface area contributed by atoms with Gasteiger partial charge in [0.25, 0.3) is 10.2 Å². The molecule has 1 unspecified atom stereocenters. The Balaban J connectivity index is 4.09. The van der Waals surface area contributed by atoms with Crippen LogP contribution in [0.15, 0.2) is 4.99 Å². The van der Waals surface area contributed by atoms with Gasteiger partial charge in [-0.1, -0.05) is 0 Å². The molecule has 0 aromatic rings. The number of carbonyl (C=O) groups excluding carboxylic acids is 2. The van der Waals surface area contributed by atoms with Crippen molar-refractivity contribution in [3.05, 3.63) is 20.2 Å². The Bertz CT molecular complexity index is 673. The first-order valence-corrected chi connectivity index (χ1v) is 9.06. The highest BCUT2D eigenvalue weighted by Crippen LogP contribution is 2.00. The number of nitrogens with one attached hydrogen (secondary N) is 2. The maximum absolute atomic E-state index is 11.6. The molecule has 0 radical (unpaired) electrons. The fraction of sp³-hybridized carbons (Fsp3) is 0.714. The molecule has 0 heterocycles. The van der Waals surface area contributed by atoms with E-state index in [-0.39, 0.29) is 64.6 Å². The smallest absolute Gasteiger partial charge is 0.413 e. The number of carboxylic acid groups (broad SMARTS) is 1. The topological polar surface area (TPSA) is 257 Å². The van der Waals surface area contributed by atoms with Crippen LogP contribution in [0.3, 0.4) is 0 Å². The second kappa shape index (κ2) is 16.7. The minimum atomic E-state index is -1.32. The lowest BCUT2D eigenvalue weighted by molar-refractivity contribution is -0.757. The van der Waals surface area contributed by atoms with Crippen LogP contribution in [0.25, 0.3) is 0 Å². The van der Waals surface area contributed by atoms with Crippen LogP contribution < -0.4 is 16.4 Å². The fourth-order valence-electron chi connectivity index (χ4n) is 1.84. The van der Waals surface area contributed by atoms with Crippen molar-refractivity contribution in [2.75, 3.05) is 33.0 Å². The van der Waals surface area contributed by atoms with E-state index in [9.17, 15) is 34.6 Å². The van der Waals surface area contributed by atoms with E-state index in [2.05, 4.69) is 34.8 Å². The number of rotatable bonds is 16. The summed E-state index contributed by atoms with van der Waals surface area (Å²) in [7, 11) is 0. The number of ether oxygens (including phenoxy) is 2. The molecule has 0 rings (SSSR count). The third-order valence-corrected chi connectivity index (χ3v) is 3.19. The normalized spacial score (nSPS) is 11.6. The molecule has 0 fully saturated rings. The number of aliphatic imine (C=N–C) groups is 1. The van der Waals surface area contributed by atoms with E-state index in [1.165, 1.54) is 0 Å². The summed E-state index contributed by atoms with van der Waals surface area (Å²) in [6.45, 7) is -0.873. The van der Waals surface area contributed by atoms with E-state index in [1.54, 1.807) is 0 Å². The number of carboxylic acids is 1. The van der Waals surface area contributed by atoms with Gasteiger partial charge in [0.2, 0.25) is 0 Å². The Labute approximate surface area is 180 Å². The second-order valence-corrected chi connectivity index (χ2v) is 5.66. The third kappa shape index (κ3) is 16.8. The van der Waals surface area contributed by atoms with Gasteiger partial charge < -0.3 is 35.3 Å². The van der Waals surface area contributed by atoms with Crippen LogP contribution in [0.2, 0.25) is 0 Å². The number of hydrogen-bond donors (Lipinski definition) is 4. The van der Waals surface area contributed by atoms with Gasteiger partial charge in [0.1, 0.15) is 6.04 Å². The number of nitrogens with zero attached hydrogens (tertiary/aromatic N) is 3. The second-order valence-electron chi connectivity index (χ2n) is 5.66. The van der Waals surface area contributed by atoms with E-state index in [4.69, 9.17) is 10.8 Å². The predicted molar refractivity (Wildman–Crippen MR) is 101 cm³/mol. The molecule has 0 aromatic heterocycles. The van der Waals surface area contributed by atoms with Crippen LogP contribution >= 0.6 is 0 Å². The molecule has 0 aliphatic heterocycles. The molecule has 0 aliphatic carbocycles. The molecule has 2 amide bonds. The summed E-state index contributed by atoms with van der Waals surface area (Å²) in [5.74, 6) is -1.62. The van der Waals surface area contributed by atoms with Crippen molar-refractivity contribution in [3.8, 4) is 0 Å². The van der Waals surface area contributed by atoms with Crippen molar-refractivity contribution in [3.63, 3.8) is 0 Å². The lowest BCUT2D eigenvalue weighted by Crippen LogP contribution is -2.41. The first-order valence-electron chi connectivity index (χ1n) is 9.06. The Morgan fingerprint density at radius 3 is 1.97 bits per heavy atom. The largest absolute Gasteiger partial charge is 0.480 e. The molecule has 0 spiro atoms. The zero-order valence-corrected chi connectivity index (χ0v) is 16.8. The highest BCUT2D eigenvalue weighted by molar-refractivity contribution is 5.92. The van der Waals surface area contributed by atoms with Crippen molar-refractivity contribution in [2.24, 2.45) is 10.7 Å². The van der Waals surface area contributed by atoms with E-state index in [1.807, 2.05) is 0 Å². The summed E-state index contributed by atoms with van der Waals surface area (Å²) in [4.78, 5) is 65.9. The van der Waals surface area contributed by atoms with Gasteiger partial charge in [0, 0.05) is 19.4 Å². The summed E-state index contributed by atoms with van der Waals surface area (Å²) < 4.78 is 9.37. The number of alkyl carbamates (subject to hydrolysis) is 2. The molecule has 0 saturated carbocycles. The SMILES string of the molecule is NC(=NCCCC(NC(=O)OCCCO[N+](=O)[O-])C(=O)O)NC(=O)OCCCO[N+](=O)[O-]. The Morgan fingerprint density at radius 2 is 1.47 bits per heavy atom. The number of nitrogens with two attached hydrogens (primary N) is 1. The average molecular weight is 468 g/mol. The number of aliphatic carboxylic acids is 1. The third-order valence-electron chi connectivity index (χ3n) is 3.19. The van der Waals surface area contributed by atoms with Crippen LogP contribution in [0.5, 0.6) is 0 Å². The quantitative estimate of drug-likeness (QED) is 0.0710. The van der Waals surface area contributed by atoms with Gasteiger partial charge >= 0.3 is 18.2 Å². The molecule has 18 heteroatoms. The monoisotopic (exact) mass is 468 g/mol. The van der Waals surface area contributed by atoms with Crippen molar-refractivity contribution in [1.29, 1.82) is 0 Å². The van der Waals surface area contributed by atoms with Crippen LogP contribution in [0, 0.1) is 20.2 Å². The Morgan fingerprint density at radius 1 is 0.938 bits per heavy atom. The molecular weight excluding hydrogens is 444 g/mol. The average Bonchev–Trinajstić information content (AvgIpc) is 2.69. The standard InChI is InChI=1S/C14H24N6O12/c15-12(18-14(24)30-7-3-9-32-20(27)28)16-5-1-4-10(11(21)22)17-13(23)29-6-2-8-31-19(25)26/h10H,1-9H2,(H,17,23)(H,21,22)(H3,15,16,18,24). The van der Waals surface area contributed by atoms with E-state index in [0.29, 0.717) is 0 Å². The number of amides is 2. The van der Waals surface area contributed by atoms with Crippen LogP contribution in [-0.2, 0) is 23.9 Å². The Kier molecular flexibility index (Phi) is 14.5. The van der Waals surface area contributed by atoms with Gasteiger partial charge in [-0.05, 0) is 12.8 Å². The maximum Gasteiger partial charge on any atom is 0.413 e. The molecule has 1 atom stereocenters. The summed E-state index contributed by atoms with van der Waals surface area (Å²) in [5.41, 5.74) is 5.47. The maximum atomic E-state index is 11.6. The van der Waals surface area contributed by atoms with Gasteiger partial charge in [-0.2, -0.15) is 0 Å². The van der Waals surface area contributed by atoms with Gasteiger partial charge in [-0.3, -0.25) is 10.3 Å². The minimum absolute atomic E-state index is 0.0154. The van der Waals surface area contributed by atoms with E-state index in [0.717, 1.165) is 0 Å². The molecule has 0 aromatic carbocycles. The lowest BCUT2D eigenvalue weighted by Gasteiger charge is -2.14. The van der Waals surface area contributed by atoms with E-state index >= 15 is 0 Å². The van der Waals surface area contributed by atoms with Crippen molar-refractivity contribution < 1.29 is 48.8 Å². The van der Waals surface area contributed by atoms with Crippen LogP contribution in [0.1, 0.15) is 25.7 Å². The first kappa shape index (κ1) is 27.9. The van der Waals surface area contributed by atoms with Crippen LogP contribution in [0.4, 0.5) is 9.59 Å². The summed E-state index contributed by atoms with van der Waals surface area (Å²) in [6.07, 6.45) is -1.69. The first-order chi connectivity index (χ1) is 15.1. The zero-order valence-electron chi connectivity index (χ0n) is 16.8. The predicted octanol–water partition coefficient (Wildman–Crippen LogP) is -0.816. The lowest BCUT2D eigenvalue weighted by atomic mass is 10.1. The molecular formula is C14H24N6O12. The highest BCUT2D eigenvalue weighted by atomic mass is 17.0. The van der Waals surface area contributed by atoms with Gasteiger partial charge in [-0.25, -0.2) is 14.4 Å². The molecule has 182 valence electrons. The molecule has 32 heavy (non-hydrogen) atoms. The fourth-order valence-corrected chi connectivity index (χ4v) is 1.84. The summed E-state index contributed by atoms with van der Waals surface area (Å²) in [6, 6.07) is -1.28. The Hall–Kier alpha value is -4.12. The number of carbonyl (C=O) groups is 3. The van der Waals surface area contributed by atoms with Gasteiger partial charge in [0.15, 0.2) is 5.96 Å².